The average molecular weight is 333 g/mol. The van der Waals surface area contributed by atoms with E-state index in [-0.39, 0.29) is 23.7 Å². The smallest absolute Gasteiger partial charge is 0.354 e. The van der Waals surface area contributed by atoms with Crippen molar-refractivity contribution in [1.82, 2.24) is 10.3 Å². The van der Waals surface area contributed by atoms with Crippen molar-refractivity contribution in [2.24, 2.45) is 11.8 Å². The second-order valence-corrected chi connectivity index (χ2v) is 6.68. The van der Waals surface area contributed by atoms with Crippen molar-refractivity contribution in [3.8, 4) is 0 Å². The van der Waals surface area contributed by atoms with Crippen molar-refractivity contribution >= 4 is 17.6 Å². The Balaban J connectivity index is 1.73. The predicted octanol–water partition coefficient (Wildman–Crippen LogP) is 1.15. The highest BCUT2D eigenvalue weighted by molar-refractivity contribution is 5.86. The zero-order valence-corrected chi connectivity index (χ0v) is 13.9. The molecule has 1 aromatic rings. The van der Waals surface area contributed by atoms with E-state index in [0.29, 0.717) is 11.8 Å². The van der Waals surface area contributed by atoms with Crippen molar-refractivity contribution < 1.29 is 19.4 Å². The molecule has 1 aliphatic carbocycles. The summed E-state index contributed by atoms with van der Waals surface area (Å²) in [7, 11) is 1.69. The number of carbonyl (C=O) groups is 2. The number of carbonyl (C=O) groups excluding carboxylic acids is 1. The fourth-order valence-corrected chi connectivity index (χ4v) is 4.03. The van der Waals surface area contributed by atoms with Crippen LogP contribution in [0.3, 0.4) is 0 Å². The lowest BCUT2D eigenvalue weighted by molar-refractivity contribution is -0.121. The van der Waals surface area contributed by atoms with E-state index in [1.165, 1.54) is 6.92 Å². The summed E-state index contributed by atoms with van der Waals surface area (Å²) in [5.74, 6) is -0.0923. The number of amides is 1. The Morgan fingerprint density at radius 3 is 2.67 bits per heavy atom. The molecular weight excluding hydrogens is 310 g/mol. The first-order valence-electron chi connectivity index (χ1n) is 8.22. The first kappa shape index (κ1) is 16.7. The van der Waals surface area contributed by atoms with Gasteiger partial charge in [0.15, 0.2) is 0 Å². The van der Waals surface area contributed by atoms with Gasteiger partial charge in [0.2, 0.25) is 5.91 Å². The number of rotatable bonds is 4. The molecule has 0 aromatic carbocycles. The third-order valence-corrected chi connectivity index (χ3v) is 5.14. The van der Waals surface area contributed by atoms with E-state index in [2.05, 4.69) is 15.2 Å². The second kappa shape index (κ2) is 6.76. The summed E-state index contributed by atoms with van der Waals surface area (Å²) >= 11 is 0. The molecule has 7 nitrogen and oxygen atoms in total. The Labute approximate surface area is 141 Å². The molecule has 0 bridgehead atoms. The Hall–Kier alpha value is -2.15. The van der Waals surface area contributed by atoms with Gasteiger partial charge in [0.1, 0.15) is 5.69 Å². The van der Waals surface area contributed by atoms with Crippen molar-refractivity contribution in [2.75, 3.05) is 25.1 Å². The maximum Gasteiger partial charge on any atom is 0.354 e. The van der Waals surface area contributed by atoms with Crippen LogP contribution in [0.15, 0.2) is 18.3 Å². The van der Waals surface area contributed by atoms with Crippen LogP contribution < -0.4 is 10.2 Å². The Bertz CT molecular complexity index is 636. The van der Waals surface area contributed by atoms with Crippen molar-refractivity contribution in [2.45, 2.75) is 31.9 Å². The number of pyridine rings is 1. The van der Waals surface area contributed by atoms with Crippen LogP contribution in [0.1, 0.15) is 30.3 Å². The molecule has 24 heavy (non-hydrogen) atoms. The molecule has 1 saturated carbocycles. The van der Waals surface area contributed by atoms with Gasteiger partial charge >= 0.3 is 5.97 Å². The number of nitrogens with zero attached hydrogens (tertiary/aromatic N) is 2. The SMILES string of the molecule is CO[C@@H]1C[C@H]2CN(c3ccnc(C(=O)O)c3)C[C@H]2C[C@H]1NC(C)=O. The lowest BCUT2D eigenvalue weighted by Crippen LogP contribution is -2.49. The van der Waals surface area contributed by atoms with Gasteiger partial charge in [-0.3, -0.25) is 4.79 Å². The molecule has 2 fully saturated rings. The molecule has 1 aromatic heterocycles. The van der Waals surface area contributed by atoms with Gasteiger partial charge in [-0.2, -0.15) is 0 Å². The zero-order chi connectivity index (χ0) is 17.3. The quantitative estimate of drug-likeness (QED) is 0.859. The fraction of sp³-hybridized carbons (Fsp3) is 0.588. The number of methoxy groups -OCH3 is 1. The molecule has 0 unspecified atom stereocenters. The molecule has 2 heterocycles. The number of hydrogen-bond donors (Lipinski definition) is 2. The molecule has 4 atom stereocenters. The van der Waals surface area contributed by atoms with Crippen LogP contribution in [0.25, 0.3) is 0 Å². The molecule has 1 amide bonds. The highest BCUT2D eigenvalue weighted by Crippen LogP contribution is 2.39. The summed E-state index contributed by atoms with van der Waals surface area (Å²) in [4.78, 5) is 28.6. The van der Waals surface area contributed by atoms with E-state index < -0.39 is 5.97 Å². The lowest BCUT2D eigenvalue weighted by Gasteiger charge is -2.37. The molecule has 2 aliphatic rings. The minimum Gasteiger partial charge on any atom is -0.477 e. The van der Waals surface area contributed by atoms with Gasteiger partial charge in [-0.1, -0.05) is 0 Å². The molecule has 1 aliphatic heterocycles. The summed E-state index contributed by atoms with van der Waals surface area (Å²) in [6.45, 7) is 3.27. The van der Waals surface area contributed by atoms with Crippen LogP contribution in [0, 0.1) is 11.8 Å². The van der Waals surface area contributed by atoms with Gasteiger partial charge in [-0.05, 0) is 36.8 Å². The largest absolute Gasteiger partial charge is 0.477 e. The topological polar surface area (TPSA) is 91.8 Å². The first-order chi connectivity index (χ1) is 11.5. The first-order valence-corrected chi connectivity index (χ1v) is 8.22. The minimum atomic E-state index is -1.02. The molecule has 3 rings (SSSR count). The molecule has 2 N–H and O–H groups in total. The van der Waals surface area contributed by atoms with Crippen molar-refractivity contribution in [1.29, 1.82) is 0 Å². The van der Waals surface area contributed by atoms with Crippen LogP contribution >= 0.6 is 0 Å². The molecule has 0 spiro atoms. The fourth-order valence-electron chi connectivity index (χ4n) is 4.03. The molecule has 7 heteroatoms. The zero-order valence-electron chi connectivity index (χ0n) is 13.9. The number of hydrogen-bond acceptors (Lipinski definition) is 5. The number of anilines is 1. The van der Waals surface area contributed by atoms with Crippen LogP contribution in [0.2, 0.25) is 0 Å². The Morgan fingerprint density at radius 1 is 1.33 bits per heavy atom. The maximum absolute atomic E-state index is 11.4. The summed E-state index contributed by atoms with van der Waals surface area (Å²) in [5, 5.41) is 12.1. The number of ether oxygens (including phenoxy) is 1. The number of aromatic nitrogens is 1. The number of carboxylic acid groups (broad SMARTS) is 1. The molecule has 130 valence electrons. The molecular formula is C17H23N3O4. The summed E-state index contributed by atoms with van der Waals surface area (Å²) in [6, 6.07) is 3.52. The van der Waals surface area contributed by atoms with E-state index in [9.17, 15) is 9.59 Å². The third kappa shape index (κ3) is 3.36. The van der Waals surface area contributed by atoms with Crippen LogP contribution in [0.4, 0.5) is 5.69 Å². The van der Waals surface area contributed by atoms with E-state index in [1.807, 2.05) is 6.07 Å². The maximum atomic E-state index is 11.4. The standard InChI is InChI=1S/C17H23N3O4/c1-10(21)19-14-5-11-8-20(9-12(11)6-16(14)24-2)13-3-4-18-15(7-13)17(22)23/h3-4,7,11-12,14,16H,5-6,8-9H2,1-2H3,(H,19,21)(H,22,23)/t11-,12+,14-,16-/m1/s1. The lowest BCUT2D eigenvalue weighted by atomic mass is 9.77. The second-order valence-electron chi connectivity index (χ2n) is 6.68. The van der Waals surface area contributed by atoms with Crippen LogP contribution in [-0.2, 0) is 9.53 Å². The van der Waals surface area contributed by atoms with Gasteiger partial charge in [0.05, 0.1) is 12.1 Å². The third-order valence-electron chi connectivity index (χ3n) is 5.14. The van der Waals surface area contributed by atoms with E-state index in [4.69, 9.17) is 9.84 Å². The van der Waals surface area contributed by atoms with E-state index >= 15 is 0 Å². The number of carboxylic acids is 1. The molecule has 1 saturated heterocycles. The molecule has 0 radical (unpaired) electrons. The highest BCUT2D eigenvalue weighted by atomic mass is 16.5. The Kier molecular flexibility index (Phi) is 4.71. The number of aromatic carboxylic acids is 1. The summed E-state index contributed by atoms with van der Waals surface area (Å²) < 4.78 is 5.58. The van der Waals surface area contributed by atoms with Gasteiger partial charge in [0, 0.05) is 39.0 Å². The average Bonchev–Trinajstić information content (AvgIpc) is 2.96. The monoisotopic (exact) mass is 333 g/mol. The van der Waals surface area contributed by atoms with Crippen molar-refractivity contribution in [3.05, 3.63) is 24.0 Å². The number of fused-ring (bicyclic) bond motifs is 1. The summed E-state index contributed by atoms with van der Waals surface area (Å²) in [5.41, 5.74) is 0.954. The minimum absolute atomic E-state index is 0.0297. The normalized spacial score (nSPS) is 29.2. The predicted molar refractivity (Wildman–Crippen MR) is 88.0 cm³/mol. The Morgan fingerprint density at radius 2 is 2.04 bits per heavy atom. The summed E-state index contributed by atoms with van der Waals surface area (Å²) in [6.07, 6.45) is 3.36. The van der Waals surface area contributed by atoms with Gasteiger partial charge in [-0.15, -0.1) is 0 Å². The van der Waals surface area contributed by atoms with Gasteiger partial charge in [-0.25, -0.2) is 9.78 Å². The van der Waals surface area contributed by atoms with E-state index in [1.54, 1.807) is 19.4 Å². The van der Waals surface area contributed by atoms with Gasteiger partial charge in [0.25, 0.3) is 0 Å². The van der Waals surface area contributed by atoms with Crippen LogP contribution in [-0.4, -0.2) is 54.3 Å². The van der Waals surface area contributed by atoms with Crippen molar-refractivity contribution in [3.63, 3.8) is 0 Å². The van der Waals surface area contributed by atoms with E-state index in [0.717, 1.165) is 31.6 Å². The van der Waals surface area contributed by atoms with Gasteiger partial charge < -0.3 is 20.1 Å². The highest BCUT2D eigenvalue weighted by Gasteiger charge is 2.42. The number of nitrogens with one attached hydrogen (secondary N) is 1. The van der Waals surface area contributed by atoms with Crippen LogP contribution in [0.5, 0.6) is 0 Å².